The molecule has 0 aliphatic carbocycles. The van der Waals surface area contributed by atoms with Gasteiger partial charge in [0.15, 0.2) is 11.5 Å². The predicted octanol–water partition coefficient (Wildman–Crippen LogP) is 7.01. The average molecular weight is 650 g/mol. The van der Waals surface area contributed by atoms with E-state index in [4.69, 9.17) is 9.47 Å². The van der Waals surface area contributed by atoms with Crippen LogP contribution >= 0.6 is 31.9 Å². The van der Waals surface area contributed by atoms with E-state index in [2.05, 4.69) is 61.4 Å². The van der Waals surface area contributed by atoms with Crippen LogP contribution in [0.2, 0.25) is 0 Å². The number of nitrogens with zero attached hydrogens (tertiary/aromatic N) is 1. The topological polar surface area (TPSA) is 84.9 Å². The summed E-state index contributed by atoms with van der Waals surface area (Å²) in [5.74, 6) is -0.546. The van der Waals surface area contributed by atoms with E-state index in [1.165, 1.54) is 6.08 Å². The SMILES string of the molecule is CCOc1cc(/C=C2\C(=O)NC(=O)N(c3ccc(Br)cc3)C2=O)c(Br)cc1OCc1ccc2ccccc2c1. The minimum atomic E-state index is -0.809. The summed E-state index contributed by atoms with van der Waals surface area (Å²) in [6.07, 6.45) is 1.43. The van der Waals surface area contributed by atoms with Crippen molar-refractivity contribution >= 4 is 72.2 Å². The smallest absolute Gasteiger partial charge is 0.335 e. The van der Waals surface area contributed by atoms with Gasteiger partial charge in [0.2, 0.25) is 0 Å². The molecule has 0 spiro atoms. The van der Waals surface area contributed by atoms with Gasteiger partial charge >= 0.3 is 6.03 Å². The summed E-state index contributed by atoms with van der Waals surface area (Å²) in [5, 5.41) is 4.51. The summed E-state index contributed by atoms with van der Waals surface area (Å²) in [4.78, 5) is 39.4. The van der Waals surface area contributed by atoms with E-state index in [1.54, 1.807) is 36.4 Å². The number of ether oxygens (including phenoxy) is 2. The second-order valence-electron chi connectivity index (χ2n) is 8.66. The Hall–Kier alpha value is -3.95. The van der Waals surface area contributed by atoms with Crippen LogP contribution in [0.3, 0.4) is 0 Å². The van der Waals surface area contributed by atoms with Gasteiger partial charge in [0, 0.05) is 8.95 Å². The number of carbonyl (C=O) groups excluding carboxylic acids is 3. The zero-order chi connectivity index (χ0) is 27.5. The summed E-state index contributed by atoms with van der Waals surface area (Å²) in [6, 6.07) is 23.5. The number of rotatable bonds is 7. The fourth-order valence-corrected chi connectivity index (χ4v) is 4.87. The number of benzene rings is 4. The Labute approximate surface area is 241 Å². The molecule has 1 saturated heterocycles. The van der Waals surface area contributed by atoms with Crippen LogP contribution in [0.5, 0.6) is 11.5 Å². The van der Waals surface area contributed by atoms with Crippen molar-refractivity contribution in [2.24, 2.45) is 0 Å². The first-order valence-electron chi connectivity index (χ1n) is 12.1. The second kappa shape index (κ2) is 11.4. The monoisotopic (exact) mass is 648 g/mol. The number of amides is 4. The van der Waals surface area contributed by atoms with Gasteiger partial charge in [-0.3, -0.25) is 14.9 Å². The maximum Gasteiger partial charge on any atom is 0.335 e. The maximum atomic E-state index is 13.3. The molecule has 0 atom stereocenters. The molecule has 1 aliphatic rings. The molecule has 9 heteroatoms. The molecule has 5 rings (SSSR count). The predicted molar refractivity (Wildman–Crippen MR) is 157 cm³/mol. The lowest BCUT2D eigenvalue weighted by Gasteiger charge is -2.26. The van der Waals surface area contributed by atoms with Crippen LogP contribution in [-0.4, -0.2) is 24.5 Å². The molecule has 1 N–H and O–H groups in total. The Bertz CT molecular complexity index is 1630. The zero-order valence-electron chi connectivity index (χ0n) is 20.7. The third kappa shape index (κ3) is 5.74. The van der Waals surface area contributed by atoms with Crippen molar-refractivity contribution in [1.29, 1.82) is 0 Å². The van der Waals surface area contributed by atoms with E-state index >= 15 is 0 Å². The number of anilines is 1. The molecule has 39 heavy (non-hydrogen) atoms. The minimum absolute atomic E-state index is 0.189. The number of nitrogens with one attached hydrogen (secondary N) is 1. The van der Waals surface area contributed by atoms with Crippen molar-refractivity contribution in [3.8, 4) is 11.5 Å². The highest BCUT2D eigenvalue weighted by Crippen LogP contribution is 2.36. The first-order valence-corrected chi connectivity index (χ1v) is 13.7. The lowest BCUT2D eigenvalue weighted by atomic mass is 10.1. The van der Waals surface area contributed by atoms with Crippen LogP contribution in [0.4, 0.5) is 10.5 Å². The van der Waals surface area contributed by atoms with Crippen molar-refractivity contribution < 1.29 is 23.9 Å². The molecule has 0 bridgehead atoms. The van der Waals surface area contributed by atoms with Crippen LogP contribution < -0.4 is 19.7 Å². The van der Waals surface area contributed by atoms with Gasteiger partial charge in [0.25, 0.3) is 11.8 Å². The summed E-state index contributed by atoms with van der Waals surface area (Å²) in [6.45, 7) is 2.56. The molecule has 4 amide bonds. The first kappa shape index (κ1) is 26.6. The molecule has 1 heterocycles. The standard InChI is InChI=1S/C30H22Br2N2O5/c1-2-38-26-15-21(14-24-28(35)33-30(37)34(29(24)36)23-11-9-22(31)10-12-23)25(32)16-27(26)39-17-18-7-8-19-5-3-4-6-20(19)13-18/h3-16H,2,17H2,1H3,(H,33,35,37)/b24-14+. The Balaban J connectivity index is 1.44. The van der Waals surface area contributed by atoms with Gasteiger partial charge in [-0.25, -0.2) is 9.69 Å². The fourth-order valence-electron chi connectivity index (χ4n) is 4.17. The van der Waals surface area contributed by atoms with Crippen molar-refractivity contribution in [3.63, 3.8) is 0 Å². The van der Waals surface area contributed by atoms with Gasteiger partial charge in [-0.2, -0.15) is 0 Å². The number of hydrogen-bond acceptors (Lipinski definition) is 5. The molecule has 0 saturated carbocycles. The van der Waals surface area contributed by atoms with E-state index < -0.39 is 17.8 Å². The third-order valence-corrected chi connectivity index (χ3v) is 7.27. The van der Waals surface area contributed by atoms with E-state index in [0.717, 1.165) is 25.7 Å². The van der Waals surface area contributed by atoms with Gasteiger partial charge in [-0.05, 0) is 77.4 Å². The van der Waals surface area contributed by atoms with E-state index in [1.807, 2.05) is 25.1 Å². The second-order valence-corrected chi connectivity index (χ2v) is 10.4. The van der Waals surface area contributed by atoms with Crippen molar-refractivity contribution in [2.45, 2.75) is 13.5 Å². The summed E-state index contributed by atoms with van der Waals surface area (Å²) in [5.41, 5.74) is 1.66. The number of halogens is 2. The normalized spacial score (nSPS) is 14.6. The lowest BCUT2D eigenvalue weighted by molar-refractivity contribution is -0.122. The summed E-state index contributed by atoms with van der Waals surface area (Å²) >= 11 is 6.86. The van der Waals surface area contributed by atoms with Crippen molar-refractivity contribution in [3.05, 3.63) is 105 Å². The molecule has 196 valence electrons. The Morgan fingerprint density at radius 2 is 1.56 bits per heavy atom. The van der Waals surface area contributed by atoms with Crippen LogP contribution in [0.15, 0.2) is 93.4 Å². The number of fused-ring (bicyclic) bond motifs is 1. The van der Waals surface area contributed by atoms with Crippen molar-refractivity contribution in [1.82, 2.24) is 5.32 Å². The Morgan fingerprint density at radius 3 is 2.31 bits per heavy atom. The average Bonchev–Trinajstić information content (AvgIpc) is 2.92. The van der Waals surface area contributed by atoms with E-state index in [-0.39, 0.29) is 5.57 Å². The lowest BCUT2D eigenvalue weighted by Crippen LogP contribution is -2.54. The van der Waals surface area contributed by atoms with Gasteiger partial charge in [-0.1, -0.05) is 68.3 Å². The highest BCUT2D eigenvalue weighted by atomic mass is 79.9. The quantitative estimate of drug-likeness (QED) is 0.172. The number of barbiturate groups is 1. The molecule has 0 aromatic heterocycles. The summed E-state index contributed by atoms with van der Waals surface area (Å²) in [7, 11) is 0. The molecule has 0 radical (unpaired) electrons. The highest BCUT2D eigenvalue weighted by Gasteiger charge is 2.37. The summed E-state index contributed by atoms with van der Waals surface area (Å²) < 4.78 is 13.3. The van der Waals surface area contributed by atoms with E-state index in [0.29, 0.717) is 40.4 Å². The zero-order valence-corrected chi connectivity index (χ0v) is 23.9. The van der Waals surface area contributed by atoms with Crippen LogP contribution in [-0.2, 0) is 16.2 Å². The molecule has 1 aliphatic heterocycles. The molecule has 4 aromatic rings. The molecule has 4 aromatic carbocycles. The minimum Gasteiger partial charge on any atom is -0.490 e. The largest absolute Gasteiger partial charge is 0.490 e. The van der Waals surface area contributed by atoms with Gasteiger partial charge < -0.3 is 9.47 Å². The maximum absolute atomic E-state index is 13.3. The van der Waals surface area contributed by atoms with Gasteiger partial charge in [0.05, 0.1) is 12.3 Å². The number of hydrogen-bond donors (Lipinski definition) is 1. The first-order chi connectivity index (χ1) is 18.8. The van der Waals surface area contributed by atoms with Crippen LogP contribution in [0.25, 0.3) is 16.8 Å². The highest BCUT2D eigenvalue weighted by molar-refractivity contribution is 9.10. The number of carbonyl (C=O) groups is 3. The van der Waals surface area contributed by atoms with Gasteiger partial charge in [-0.15, -0.1) is 0 Å². The molecule has 7 nitrogen and oxygen atoms in total. The number of imide groups is 2. The fraction of sp³-hybridized carbons (Fsp3) is 0.100. The Morgan fingerprint density at radius 1 is 0.846 bits per heavy atom. The van der Waals surface area contributed by atoms with Crippen LogP contribution in [0, 0.1) is 0 Å². The molecular weight excluding hydrogens is 628 g/mol. The third-order valence-electron chi connectivity index (χ3n) is 6.06. The molecular formula is C30H22Br2N2O5. The van der Waals surface area contributed by atoms with Crippen LogP contribution in [0.1, 0.15) is 18.1 Å². The number of urea groups is 1. The molecule has 1 fully saturated rings. The molecule has 0 unspecified atom stereocenters. The Kier molecular flexibility index (Phi) is 7.81. The van der Waals surface area contributed by atoms with Crippen molar-refractivity contribution in [2.75, 3.05) is 11.5 Å². The van der Waals surface area contributed by atoms with Gasteiger partial charge in [0.1, 0.15) is 12.2 Å². The van der Waals surface area contributed by atoms with E-state index in [9.17, 15) is 14.4 Å².